The normalized spacial score (nSPS) is 20.0. The van der Waals surface area contributed by atoms with Gasteiger partial charge in [-0.05, 0) is 84.7 Å². The number of hydrogen-bond donors (Lipinski definition) is 7. The zero-order valence-electron chi connectivity index (χ0n) is 28.9. The van der Waals surface area contributed by atoms with Crippen molar-refractivity contribution in [3.8, 4) is 45.8 Å². The van der Waals surface area contributed by atoms with Crippen LogP contribution in [0.25, 0.3) is 34.4 Å². The number of carbonyl (C=O) groups is 2. The molecule has 1 saturated carbocycles. The van der Waals surface area contributed by atoms with Gasteiger partial charge >= 0.3 is 11.9 Å². The Hall–Kier alpha value is -6.77. The molecular formula is C41H36O14. The maximum Gasteiger partial charge on any atom is 0.331 e. The molecule has 0 bridgehead atoms. The van der Waals surface area contributed by atoms with Crippen LogP contribution < -0.4 is 10.2 Å². The van der Waals surface area contributed by atoms with Gasteiger partial charge in [0, 0.05) is 35.8 Å². The molecule has 1 heterocycles. The van der Waals surface area contributed by atoms with E-state index in [0.717, 1.165) is 24.3 Å². The summed E-state index contributed by atoms with van der Waals surface area (Å²) in [6.45, 7) is -0.370. The smallest absolute Gasteiger partial charge is 0.331 e. The molecule has 7 N–H and O–H groups in total. The van der Waals surface area contributed by atoms with E-state index in [4.69, 9.17) is 18.6 Å². The van der Waals surface area contributed by atoms with Crippen LogP contribution in [0.3, 0.4) is 0 Å². The zero-order valence-corrected chi connectivity index (χ0v) is 28.9. The minimum absolute atomic E-state index is 0.0143. The van der Waals surface area contributed by atoms with Gasteiger partial charge in [-0.2, -0.15) is 0 Å². The largest absolute Gasteiger partial charge is 0.508 e. The Kier molecular flexibility index (Phi) is 11.4. The number of benzene rings is 4. The number of ether oxygens (including phenoxy) is 3. The third-order valence-electron chi connectivity index (χ3n) is 8.98. The molecule has 4 aromatic carbocycles. The third-order valence-corrected chi connectivity index (χ3v) is 8.98. The molecule has 0 saturated heterocycles. The van der Waals surface area contributed by atoms with Crippen molar-refractivity contribution < 1.29 is 64.0 Å². The number of fused-ring (bicyclic) bond motifs is 1. The van der Waals surface area contributed by atoms with Crippen LogP contribution in [0.1, 0.15) is 24.0 Å². The van der Waals surface area contributed by atoms with E-state index in [0.29, 0.717) is 11.1 Å². The second kappa shape index (κ2) is 16.5. The molecule has 14 nitrogen and oxygen atoms in total. The van der Waals surface area contributed by atoms with Gasteiger partial charge in [-0.25, -0.2) is 9.59 Å². The average molecular weight is 753 g/mol. The first-order valence-corrected chi connectivity index (χ1v) is 17.0. The quantitative estimate of drug-likeness (QED) is 0.0580. The summed E-state index contributed by atoms with van der Waals surface area (Å²) in [6, 6.07) is 19.5. The lowest BCUT2D eigenvalue weighted by Gasteiger charge is -2.31. The van der Waals surface area contributed by atoms with Crippen LogP contribution in [-0.4, -0.2) is 78.7 Å². The fourth-order valence-electron chi connectivity index (χ4n) is 6.09. The molecule has 3 unspecified atom stereocenters. The van der Waals surface area contributed by atoms with Crippen LogP contribution in [0.4, 0.5) is 0 Å². The van der Waals surface area contributed by atoms with Crippen LogP contribution in [0.2, 0.25) is 0 Å². The SMILES string of the molecule is O=C(/C=C/c1ccc(O)cc1)OCC1CC[C@@H](Oc2c(-c3ccc(O)cc3)oc3cc(O)cc(O)c3c2=O)C(O)C(OC(=O)/C=C/c2ccc(O)cc2)[C@@H]1O. The van der Waals surface area contributed by atoms with Gasteiger partial charge in [-0.1, -0.05) is 24.3 Å². The predicted molar refractivity (Wildman–Crippen MR) is 197 cm³/mol. The maximum atomic E-state index is 14.0. The number of carbonyl (C=O) groups excluding carboxylic acids is 2. The summed E-state index contributed by atoms with van der Waals surface area (Å²) in [7, 11) is 0. The van der Waals surface area contributed by atoms with Gasteiger partial charge in [0.1, 0.15) is 51.9 Å². The monoisotopic (exact) mass is 752 g/mol. The topological polar surface area (TPSA) is 234 Å². The molecule has 1 aromatic heterocycles. The summed E-state index contributed by atoms with van der Waals surface area (Å²) < 4.78 is 23.2. The average Bonchev–Trinajstić information content (AvgIpc) is 3.26. The van der Waals surface area contributed by atoms with Gasteiger partial charge in [-0.15, -0.1) is 0 Å². The van der Waals surface area contributed by atoms with Crippen molar-refractivity contribution in [2.45, 2.75) is 37.3 Å². The number of rotatable bonds is 10. The van der Waals surface area contributed by atoms with E-state index < -0.39 is 64.9 Å². The Morgan fingerprint density at radius 1 is 0.709 bits per heavy atom. The fraction of sp³-hybridized carbons (Fsp3) is 0.195. The van der Waals surface area contributed by atoms with Crippen molar-refractivity contribution in [3.63, 3.8) is 0 Å². The fourth-order valence-corrected chi connectivity index (χ4v) is 6.09. The lowest BCUT2D eigenvalue weighted by Crippen LogP contribution is -2.49. The van der Waals surface area contributed by atoms with E-state index in [9.17, 15) is 50.1 Å². The number of hydrogen-bond acceptors (Lipinski definition) is 14. The molecule has 5 aromatic rings. The van der Waals surface area contributed by atoms with Gasteiger partial charge in [0.25, 0.3) is 0 Å². The maximum absolute atomic E-state index is 14.0. The van der Waals surface area contributed by atoms with E-state index in [1.54, 1.807) is 24.3 Å². The highest BCUT2D eigenvalue weighted by Crippen LogP contribution is 2.38. The van der Waals surface area contributed by atoms with Crippen molar-refractivity contribution in [1.82, 2.24) is 0 Å². The molecule has 0 radical (unpaired) electrons. The summed E-state index contributed by atoms with van der Waals surface area (Å²) in [5, 5.41) is 72.6. The Bertz CT molecular complexity index is 2270. The summed E-state index contributed by atoms with van der Waals surface area (Å²) in [5.74, 6) is -4.33. The molecule has 0 aliphatic heterocycles. The van der Waals surface area contributed by atoms with Crippen molar-refractivity contribution >= 4 is 35.1 Å². The van der Waals surface area contributed by atoms with E-state index in [1.807, 2.05) is 0 Å². The summed E-state index contributed by atoms with van der Waals surface area (Å²) in [5.41, 5.74) is 0.308. The number of phenolic OH excluding ortho intramolecular Hbond substituents is 5. The highest BCUT2D eigenvalue weighted by atomic mass is 16.6. The number of aromatic hydroxyl groups is 5. The van der Waals surface area contributed by atoms with E-state index in [2.05, 4.69) is 0 Å². The highest BCUT2D eigenvalue weighted by molar-refractivity contribution is 5.89. The highest BCUT2D eigenvalue weighted by Gasteiger charge is 2.44. The van der Waals surface area contributed by atoms with Crippen molar-refractivity contribution in [3.05, 3.63) is 118 Å². The van der Waals surface area contributed by atoms with Gasteiger partial charge in [0.05, 0.1) is 12.7 Å². The zero-order chi connectivity index (χ0) is 39.2. The molecule has 284 valence electrons. The molecule has 0 spiro atoms. The van der Waals surface area contributed by atoms with Crippen LogP contribution in [0.5, 0.6) is 34.5 Å². The molecular weight excluding hydrogens is 716 g/mol. The molecule has 0 amide bonds. The Morgan fingerprint density at radius 3 is 1.87 bits per heavy atom. The van der Waals surface area contributed by atoms with Crippen molar-refractivity contribution in [2.24, 2.45) is 5.92 Å². The van der Waals surface area contributed by atoms with Gasteiger partial charge in [0.2, 0.25) is 11.2 Å². The van der Waals surface area contributed by atoms with Crippen LogP contribution in [0, 0.1) is 5.92 Å². The number of esters is 2. The second-order valence-electron chi connectivity index (χ2n) is 12.8. The predicted octanol–water partition coefficient (Wildman–Crippen LogP) is 4.75. The number of aliphatic hydroxyl groups excluding tert-OH is 2. The number of aliphatic hydroxyl groups is 2. The molecule has 55 heavy (non-hydrogen) atoms. The third kappa shape index (κ3) is 9.07. The van der Waals surface area contributed by atoms with Crippen molar-refractivity contribution in [2.75, 3.05) is 6.61 Å². The molecule has 5 atom stereocenters. The Balaban J connectivity index is 1.31. The minimum Gasteiger partial charge on any atom is -0.508 e. The standard InChI is InChI=1S/C41H36O14/c42-26-10-1-22(2-11-26)5-17-33(47)52-21-25-9-16-31(37(50)40(36(25)49)55-34(48)18-6-23-3-12-27(43)13-4-23)53-41-38(51)35-30(46)19-29(45)20-32(35)54-39(41)24-7-14-28(44)15-8-24/h1-8,10-15,17-20,25,31,36-37,40,42-46,49-50H,9,16,21H2/b17-5+,18-6+/t25?,31-,36-,37?,40?/m1/s1. The van der Waals surface area contributed by atoms with E-state index in [-0.39, 0.29) is 59.0 Å². The molecule has 14 heteroatoms. The Labute approximate surface area is 312 Å². The minimum atomic E-state index is -1.78. The van der Waals surface area contributed by atoms with Crippen LogP contribution >= 0.6 is 0 Å². The molecule has 1 aliphatic carbocycles. The molecule has 1 aliphatic rings. The lowest BCUT2D eigenvalue weighted by molar-refractivity contribution is -0.168. The summed E-state index contributed by atoms with van der Waals surface area (Å²) >= 11 is 0. The lowest BCUT2D eigenvalue weighted by atomic mass is 9.96. The first-order valence-electron chi connectivity index (χ1n) is 17.0. The second-order valence-corrected chi connectivity index (χ2v) is 12.8. The first-order chi connectivity index (χ1) is 26.4. The Morgan fingerprint density at radius 2 is 1.27 bits per heavy atom. The summed E-state index contributed by atoms with van der Waals surface area (Å²) in [6.07, 6.45) is -1.43. The first kappa shape index (κ1) is 38.0. The number of phenols is 5. The van der Waals surface area contributed by atoms with E-state index >= 15 is 0 Å². The van der Waals surface area contributed by atoms with Gasteiger partial charge < -0.3 is 54.4 Å². The van der Waals surface area contributed by atoms with E-state index in [1.165, 1.54) is 60.7 Å². The van der Waals surface area contributed by atoms with Gasteiger partial charge in [0.15, 0.2) is 11.9 Å². The summed E-state index contributed by atoms with van der Waals surface area (Å²) in [4.78, 5) is 39.7. The van der Waals surface area contributed by atoms with Gasteiger partial charge in [-0.3, -0.25) is 4.79 Å². The van der Waals surface area contributed by atoms with Crippen LogP contribution in [0.15, 0.2) is 106 Å². The van der Waals surface area contributed by atoms with Crippen molar-refractivity contribution in [1.29, 1.82) is 0 Å². The van der Waals surface area contributed by atoms with Crippen LogP contribution in [-0.2, 0) is 19.1 Å². The molecule has 1 fully saturated rings. The molecule has 6 rings (SSSR count).